The van der Waals surface area contributed by atoms with Gasteiger partial charge >= 0.3 is 0 Å². The fraction of sp³-hybridized carbons (Fsp3) is 0. The van der Waals surface area contributed by atoms with Crippen LogP contribution >= 0.6 is 0 Å². The molecule has 0 bridgehead atoms. The van der Waals surface area contributed by atoms with Crippen LogP contribution in [-0.2, 0) is 0 Å². The van der Waals surface area contributed by atoms with Crippen molar-refractivity contribution in [3.8, 4) is 28.3 Å². The summed E-state index contributed by atoms with van der Waals surface area (Å²) in [5.41, 5.74) is 5.10. The van der Waals surface area contributed by atoms with Gasteiger partial charge in [0, 0.05) is 18.0 Å². The average Bonchev–Trinajstić information content (AvgIpc) is 2.80. The average molecular weight is 375 g/mol. The molecule has 4 nitrogen and oxygen atoms in total. The summed E-state index contributed by atoms with van der Waals surface area (Å²) >= 11 is 0. The number of benzene rings is 3. The van der Waals surface area contributed by atoms with Gasteiger partial charge in [0.05, 0.1) is 16.8 Å². The van der Waals surface area contributed by atoms with Crippen LogP contribution in [0.2, 0.25) is 0 Å². The summed E-state index contributed by atoms with van der Waals surface area (Å²) in [6.45, 7) is 0. The summed E-state index contributed by atoms with van der Waals surface area (Å²) in [5.74, 6) is -0.308. The highest BCUT2D eigenvalue weighted by molar-refractivity contribution is 6.05. The maximum absolute atomic E-state index is 12.9. The highest BCUT2D eigenvalue weighted by Gasteiger charge is 2.12. The molecular weight excluding hydrogens is 358 g/mol. The van der Waals surface area contributed by atoms with E-state index in [0.717, 1.165) is 22.3 Å². The van der Waals surface area contributed by atoms with Crippen LogP contribution in [0.25, 0.3) is 22.3 Å². The molecule has 1 heterocycles. The third kappa shape index (κ3) is 4.05. The zero-order chi connectivity index (χ0) is 20.1. The second-order valence-electron chi connectivity index (χ2n) is 6.52. The van der Waals surface area contributed by atoms with Gasteiger partial charge in [-0.05, 0) is 34.9 Å². The molecule has 0 fully saturated rings. The lowest BCUT2D eigenvalue weighted by Gasteiger charge is -2.10. The number of anilines is 1. The van der Waals surface area contributed by atoms with Crippen molar-refractivity contribution in [3.63, 3.8) is 0 Å². The molecule has 138 valence electrons. The molecule has 1 aromatic heterocycles. The fourth-order valence-electron chi connectivity index (χ4n) is 3.10. The van der Waals surface area contributed by atoms with Crippen molar-refractivity contribution in [2.75, 3.05) is 5.32 Å². The van der Waals surface area contributed by atoms with Crippen molar-refractivity contribution in [1.82, 2.24) is 4.98 Å². The summed E-state index contributed by atoms with van der Waals surface area (Å²) in [6, 6.07) is 28.9. The van der Waals surface area contributed by atoms with E-state index in [-0.39, 0.29) is 5.91 Å². The zero-order valence-corrected chi connectivity index (χ0v) is 15.5. The first kappa shape index (κ1) is 18.1. The Balaban J connectivity index is 1.64. The van der Waals surface area contributed by atoms with Gasteiger partial charge in [0.2, 0.25) is 0 Å². The maximum Gasteiger partial charge on any atom is 0.257 e. The van der Waals surface area contributed by atoms with E-state index in [1.165, 1.54) is 6.20 Å². The number of rotatable bonds is 4. The number of nitrogens with zero attached hydrogens (tertiary/aromatic N) is 2. The molecule has 0 atom stereocenters. The van der Waals surface area contributed by atoms with Crippen LogP contribution < -0.4 is 5.32 Å². The van der Waals surface area contributed by atoms with Crippen molar-refractivity contribution >= 4 is 11.6 Å². The predicted octanol–water partition coefficient (Wildman–Crippen LogP) is 5.54. The molecule has 0 aliphatic heterocycles. The monoisotopic (exact) mass is 375 g/mol. The van der Waals surface area contributed by atoms with E-state index < -0.39 is 0 Å². The van der Waals surface area contributed by atoms with E-state index in [1.807, 2.05) is 72.8 Å². The number of hydrogen-bond donors (Lipinski definition) is 1. The molecule has 29 heavy (non-hydrogen) atoms. The Hall–Kier alpha value is -4.23. The van der Waals surface area contributed by atoms with Gasteiger partial charge in [-0.2, -0.15) is 5.26 Å². The topological polar surface area (TPSA) is 65.8 Å². The lowest BCUT2D eigenvalue weighted by molar-refractivity contribution is 0.102. The number of nitriles is 1. The predicted molar refractivity (Wildman–Crippen MR) is 114 cm³/mol. The van der Waals surface area contributed by atoms with Crippen molar-refractivity contribution in [3.05, 3.63) is 108 Å². The van der Waals surface area contributed by atoms with Crippen LogP contribution in [0.15, 0.2) is 97.3 Å². The Labute approximate surface area is 169 Å². The van der Waals surface area contributed by atoms with Crippen molar-refractivity contribution in [2.24, 2.45) is 0 Å². The Morgan fingerprint density at radius 1 is 0.759 bits per heavy atom. The molecule has 0 aliphatic carbocycles. The lowest BCUT2D eigenvalue weighted by Crippen LogP contribution is -2.13. The Bertz CT molecular complexity index is 1200. The molecule has 4 rings (SSSR count). The minimum absolute atomic E-state index is 0.308. The standard InChI is InChI=1S/C25H17N3O/c26-15-21-12-11-20(18-7-3-1-4-8-18)14-24(21)28-25(29)23-13-22(16-27-17-23)19-9-5-2-6-10-19/h1-14,16-17H,(H,28,29). The van der Waals surface area contributed by atoms with Crippen LogP contribution in [0.3, 0.4) is 0 Å². The summed E-state index contributed by atoms with van der Waals surface area (Å²) < 4.78 is 0. The second-order valence-corrected chi connectivity index (χ2v) is 6.52. The summed E-state index contributed by atoms with van der Waals surface area (Å²) in [6.07, 6.45) is 3.25. The van der Waals surface area contributed by atoms with Gasteiger partial charge in [0.15, 0.2) is 0 Å². The third-order valence-corrected chi connectivity index (χ3v) is 4.60. The van der Waals surface area contributed by atoms with E-state index in [0.29, 0.717) is 16.8 Å². The van der Waals surface area contributed by atoms with Gasteiger partial charge in [0.1, 0.15) is 6.07 Å². The van der Waals surface area contributed by atoms with Crippen molar-refractivity contribution in [2.45, 2.75) is 0 Å². The van der Waals surface area contributed by atoms with Gasteiger partial charge in [-0.1, -0.05) is 66.7 Å². The number of carbonyl (C=O) groups excluding carboxylic acids is 1. The quantitative estimate of drug-likeness (QED) is 0.509. The first-order chi connectivity index (χ1) is 14.2. The van der Waals surface area contributed by atoms with E-state index in [9.17, 15) is 10.1 Å². The Morgan fingerprint density at radius 3 is 2.07 bits per heavy atom. The number of aromatic nitrogens is 1. The van der Waals surface area contributed by atoms with Gasteiger partial charge < -0.3 is 5.32 Å². The summed E-state index contributed by atoms with van der Waals surface area (Å²) in [4.78, 5) is 17.1. The van der Waals surface area contributed by atoms with E-state index in [1.54, 1.807) is 18.3 Å². The molecule has 0 saturated carbocycles. The molecule has 1 amide bonds. The van der Waals surface area contributed by atoms with Crippen molar-refractivity contribution in [1.29, 1.82) is 5.26 Å². The minimum Gasteiger partial charge on any atom is -0.321 e. The molecular formula is C25H17N3O. The Morgan fingerprint density at radius 2 is 1.41 bits per heavy atom. The van der Waals surface area contributed by atoms with E-state index in [2.05, 4.69) is 16.4 Å². The van der Waals surface area contributed by atoms with Crippen LogP contribution in [0.1, 0.15) is 15.9 Å². The smallest absolute Gasteiger partial charge is 0.257 e. The number of amides is 1. The van der Waals surface area contributed by atoms with Crippen LogP contribution in [-0.4, -0.2) is 10.9 Å². The van der Waals surface area contributed by atoms with Gasteiger partial charge in [-0.25, -0.2) is 0 Å². The molecule has 3 aromatic carbocycles. The highest BCUT2D eigenvalue weighted by Crippen LogP contribution is 2.26. The SMILES string of the molecule is N#Cc1ccc(-c2ccccc2)cc1NC(=O)c1cncc(-c2ccccc2)c1. The first-order valence-corrected chi connectivity index (χ1v) is 9.16. The van der Waals surface area contributed by atoms with Gasteiger partial charge in [0.25, 0.3) is 5.91 Å². The summed E-state index contributed by atoms with van der Waals surface area (Å²) in [5, 5.41) is 12.3. The molecule has 1 N–H and O–H groups in total. The molecule has 4 heteroatoms. The maximum atomic E-state index is 12.9. The zero-order valence-electron chi connectivity index (χ0n) is 15.5. The van der Waals surface area contributed by atoms with Crippen LogP contribution in [0.5, 0.6) is 0 Å². The van der Waals surface area contributed by atoms with Gasteiger partial charge in [-0.3, -0.25) is 9.78 Å². The largest absolute Gasteiger partial charge is 0.321 e. The normalized spacial score (nSPS) is 10.2. The molecule has 0 unspecified atom stereocenters. The molecule has 0 spiro atoms. The first-order valence-electron chi connectivity index (χ1n) is 9.16. The van der Waals surface area contributed by atoms with Crippen LogP contribution in [0.4, 0.5) is 5.69 Å². The minimum atomic E-state index is -0.308. The number of nitrogens with one attached hydrogen (secondary N) is 1. The molecule has 4 aromatic rings. The van der Waals surface area contributed by atoms with E-state index >= 15 is 0 Å². The lowest BCUT2D eigenvalue weighted by atomic mass is 10.0. The second kappa shape index (κ2) is 8.20. The Kier molecular flexibility index (Phi) is 5.13. The molecule has 0 aliphatic rings. The number of hydrogen-bond acceptors (Lipinski definition) is 3. The summed E-state index contributed by atoms with van der Waals surface area (Å²) in [7, 11) is 0. The van der Waals surface area contributed by atoms with E-state index in [4.69, 9.17) is 0 Å². The van der Waals surface area contributed by atoms with Crippen LogP contribution in [0, 0.1) is 11.3 Å². The fourth-order valence-corrected chi connectivity index (χ4v) is 3.10. The third-order valence-electron chi connectivity index (χ3n) is 4.60. The van der Waals surface area contributed by atoms with Crippen molar-refractivity contribution < 1.29 is 4.79 Å². The number of pyridine rings is 1. The molecule has 0 radical (unpaired) electrons. The number of carbonyl (C=O) groups is 1. The van der Waals surface area contributed by atoms with Gasteiger partial charge in [-0.15, -0.1) is 0 Å². The highest BCUT2D eigenvalue weighted by atomic mass is 16.1. The molecule has 0 saturated heterocycles.